The summed E-state index contributed by atoms with van der Waals surface area (Å²) in [4.78, 5) is 27.0. The van der Waals surface area contributed by atoms with Crippen LogP contribution in [0, 0.1) is 0 Å². The Morgan fingerprint density at radius 2 is 1.71 bits per heavy atom. The van der Waals surface area contributed by atoms with E-state index in [0.717, 1.165) is 21.8 Å². The van der Waals surface area contributed by atoms with Crippen LogP contribution in [0.15, 0.2) is 70.0 Å². The van der Waals surface area contributed by atoms with Crippen LogP contribution in [0.25, 0.3) is 6.08 Å². The maximum Gasteiger partial charge on any atom is 0.293 e. The van der Waals surface area contributed by atoms with Crippen molar-refractivity contribution in [2.75, 3.05) is 7.11 Å². The molecule has 4 rings (SSSR count). The van der Waals surface area contributed by atoms with Gasteiger partial charge in [0.1, 0.15) is 6.61 Å². The Hall–Kier alpha value is -2.45. The van der Waals surface area contributed by atoms with E-state index >= 15 is 0 Å². The van der Waals surface area contributed by atoms with E-state index in [-0.39, 0.29) is 24.3 Å². The van der Waals surface area contributed by atoms with Crippen molar-refractivity contribution in [3.8, 4) is 11.5 Å². The first-order valence-electron chi connectivity index (χ1n) is 10.1. The van der Waals surface area contributed by atoms with Gasteiger partial charge in [-0.05, 0) is 65.4 Å². The summed E-state index contributed by atoms with van der Waals surface area (Å²) >= 11 is 16.8. The summed E-state index contributed by atoms with van der Waals surface area (Å²) in [5.41, 5.74) is 2.22. The van der Waals surface area contributed by atoms with Crippen LogP contribution in [-0.4, -0.2) is 23.2 Å². The number of benzene rings is 3. The molecule has 1 heterocycles. The van der Waals surface area contributed by atoms with E-state index in [0.29, 0.717) is 37.6 Å². The molecule has 5 nitrogen and oxygen atoms in total. The van der Waals surface area contributed by atoms with Crippen molar-refractivity contribution in [2.24, 2.45) is 0 Å². The van der Waals surface area contributed by atoms with Crippen LogP contribution >= 0.6 is 50.9 Å². The molecule has 174 valence electrons. The molecule has 1 aliphatic heterocycles. The van der Waals surface area contributed by atoms with Gasteiger partial charge in [-0.25, -0.2) is 0 Å². The number of ether oxygens (including phenoxy) is 2. The minimum Gasteiger partial charge on any atom is -0.493 e. The SMILES string of the molecule is COc1ccc(/C=C2\SC(=O)N(Cc3ccc(Br)cc3)C2=O)cc1OCc1c(Cl)cccc1Cl. The Bertz CT molecular complexity index is 1260. The van der Waals surface area contributed by atoms with Gasteiger partial charge in [-0.3, -0.25) is 14.5 Å². The number of rotatable bonds is 7. The number of thioether (sulfide) groups is 1. The first kappa shape index (κ1) is 24.7. The van der Waals surface area contributed by atoms with Gasteiger partial charge in [0.05, 0.1) is 18.6 Å². The zero-order valence-electron chi connectivity index (χ0n) is 17.9. The van der Waals surface area contributed by atoms with Crippen LogP contribution in [0.4, 0.5) is 4.79 Å². The molecule has 3 aromatic carbocycles. The second-order valence-corrected chi connectivity index (χ2v) is 10.0. The molecule has 3 aromatic rings. The van der Waals surface area contributed by atoms with Crippen LogP contribution in [0.3, 0.4) is 0 Å². The van der Waals surface area contributed by atoms with Crippen molar-refractivity contribution < 1.29 is 19.1 Å². The van der Waals surface area contributed by atoms with Crippen LogP contribution in [0.1, 0.15) is 16.7 Å². The van der Waals surface area contributed by atoms with Gasteiger partial charge in [0, 0.05) is 20.1 Å². The average molecular weight is 579 g/mol. The van der Waals surface area contributed by atoms with E-state index in [2.05, 4.69) is 15.9 Å². The smallest absolute Gasteiger partial charge is 0.293 e. The van der Waals surface area contributed by atoms with E-state index in [1.807, 2.05) is 24.3 Å². The van der Waals surface area contributed by atoms with Crippen molar-refractivity contribution in [1.29, 1.82) is 0 Å². The van der Waals surface area contributed by atoms with Crippen molar-refractivity contribution >= 4 is 68.1 Å². The number of carbonyl (C=O) groups is 2. The Labute approximate surface area is 219 Å². The molecule has 0 aliphatic carbocycles. The third-order valence-corrected chi connectivity index (χ3v) is 7.19. The summed E-state index contributed by atoms with van der Waals surface area (Å²) in [7, 11) is 1.54. The Morgan fingerprint density at radius 1 is 1.00 bits per heavy atom. The van der Waals surface area contributed by atoms with Crippen LogP contribution in [0.5, 0.6) is 11.5 Å². The quantitative estimate of drug-likeness (QED) is 0.270. The number of methoxy groups -OCH3 is 1. The molecule has 0 bridgehead atoms. The molecule has 0 radical (unpaired) electrons. The standard InChI is InChI=1S/C25H18BrCl2NO4S/c1-32-21-10-7-16(11-22(21)33-14-18-19(27)3-2-4-20(18)28)12-23-24(30)29(25(31)34-23)13-15-5-8-17(26)9-6-15/h2-12H,13-14H2,1H3/b23-12-. The second kappa shape index (κ2) is 10.9. The lowest BCUT2D eigenvalue weighted by Gasteiger charge is -2.13. The van der Waals surface area contributed by atoms with E-state index in [1.165, 1.54) is 12.0 Å². The van der Waals surface area contributed by atoms with E-state index in [4.69, 9.17) is 32.7 Å². The lowest BCUT2D eigenvalue weighted by molar-refractivity contribution is -0.123. The lowest BCUT2D eigenvalue weighted by Crippen LogP contribution is -2.27. The fourth-order valence-corrected chi connectivity index (χ4v) is 4.89. The average Bonchev–Trinajstić information content (AvgIpc) is 3.07. The van der Waals surface area contributed by atoms with Crippen molar-refractivity contribution in [1.82, 2.24) is 4.90 Å². The second-order valence-electron chi connectivity index (χ2n) is 7.29. The molecule has 1 aliphatic rings. The van der Waals surface area contributed by atoms with Gasteiger partial charge in [0.15, 0.2) is 11.5 Å². The molecule has 34 heavy (non-hydrogen) atoms. The minimum atomic E-state index is -0.334. The molecule has 2 amide bonds. The van der Waals surface area contributed by atoms with Gasteiger partial charge in [0.25, 0.3) is 11.1 Å². The molecule has 1 saturated heterocycles. The van der Waals surface area contributed by atoms with Crippen LogP contribution in [0.2, 0.25) is 10.0 Å². The molecule has 0 aromatic heterocycles. The first-order chi connectivity index (χ1) is 16.4. The number of hydrogen-bond acceptors (Lipinski definition) is 5. The Morgan fingerprint density at radius 3 is 2.38 bits per heavy atom. The normalized spacial score (nSPS) is 14.7. The predicted molar refractivity (Wildman–Crippen MR) is 139 cm³/mol. The number of imide groups is 1. The van der Waals surface area contributed by atoms with Gasteiger partial charge in [0.2, 0.25) is 0 Å². The molecule has 0 N–H and O–H groups in total. The Kier molecular flexibility index (Phi) is 7.88. The fourth-order valence-electron chi connectivity index (χ4n) is 3.28. The van der Waals surface area contributed by atoms with Crippen LogP contribution in [-0.2, 0) is 17.9 Å². The highest BCUT2D eigenvalue weighted by Crippen LogP contribution is 2.36. The zero-order valence-corrected chi connectivity index (χ0v) is 21.8. The molecule has 0 unspecified atom stereocenters. The van der Waals surface area contributed by atoms with Crippen molar-refractivity contribution in [2.45, 2.75) is 13.2 Å². The fraction of sp³-hybridized carbons (Fsp3) is 0.120. The maximum atomic E-state index is 12.9. The third kappa shape index (κ3) is 5.61. The molecule has 9 heteroatoms. The van der Waals surface area contributed by atoms with E-state index < -0.39 is 0 Å². The lowest BCUT2D eigenvalue weighted by atomic mass is 10.1. The van der Waals surface area contributed by atoms with Gasteiger partial charge in [-0.2, -0.15) is 0 Å². The summed E-state index contributed by atoms with van der Waals surface area (Å²) in [6.45, 7) is 0.354. The van der Waals surface area contributed by atoms with Gasteiger partial charge < -0.3 is 9.47 Å². The minimum absolute atomic E-state index is 0.141. The van der Waals surface area contributed by atoms with Gasteiger partial charge >= 0.3 is 0 Å². The number of hydrogen-bond donors (Lipinski definition) is 0. The summed E-state index contributed by atoms with van der Waals surface area (Å²) in [6.07, 6.45) is 1.67. The number of carbonyl (C=O) groups excluding carboxylic acids is 2. The number of halogens is 3. The number of amides is 2. The summed E-state index contributed by atoms with van der Waals surface area (Å²) in [5.74, 6) is 0.643. The highest BCUT2D eigenvalue weighted by molar-refractivity contribution is 9.10. The monoisotopic (exact) mass is 577 g/mol. The van der Waals surface area contributed by atoms with Crippen molar-refractivity contribution in [3.05, 3.63) is 96.8 Å². The highest BCUT2D eigenvalue weighted by atomic mass is 79.9. The van der Waals surface area contributed by atoms with Gasteiger partial charge in [-0.15, -0.1) is 0 Å². The topological polar surface area (TPSA) is 55.8 Å². The van der Waals surface area contributed by atoms with Crippen molar-refractivity contribution in [3.63, 3.8) is 0 Å². The van der Waals surface area contributed by atoms with E-state index in [1.54, 1.807) is 42.5 Å². The van der Waals surface area contributed by atoms with E-state index in [9.17, 15) is 9.59 Å². The molecular weight excluding hydrogens is 561 g/mol. The largest absolute Gasteiger partial charge is 0.493 e. The molecule has 0 spiro atoms. The Balaban J connectivity index is 1.53. The summed E-state index contributed by atoms with van der Waals surface area (Å²) < 4.78 is 12.3. The van der Waals surface area contributed by atoms with Crippen LogP contribution < -0.4 is 9.47 Å². The highest BCUT2D eigenvalue weighted by Gasteiger charge is 2.35. The predicted octanol–water partition coefficient (Wildman–Crippen LogP) is 7.58. The van der Waals surface area contributed by atoms with Gasteiger partial charge in [-0.1, -0.05) is 63.4 Å². The summed E-state index contributed by atoms with van der Waals surface area (Å²) in [6, 6.07) is 18.0. The zero-order chi connectivity index (χ0) is 24.2. The maximum absolute atomic E-state index is 12.9. The third-order valence-electron chi connectivity index (χ3n) is 5.05. The summed E-state index contributed by atoms with van der Waals surface area (Å²) in [5, 5.41) is 0.696. The number of nitrogens with zero attached hydrogens (tertiary/aromatic N) is 1. The first-order valence-corrected chi connectivity index (χ1v) is 12.5. The molecular formula is C25H18BrCl2NO4S. The molecule has 0 saturated carbocycles. The molecule has 1 fully saturated rings. The molecule has 0 atom stereocenters.